The molecule has 6 nitrogen and oxygen atoms in total. The van der Waals surface area contributed by atoms with E-state index in [1.807, 2.05) is 0 Å². The van der Waals surface area contributed by atoms with Crippen LogP contribution in [0.25, 0.3) is 0 Å². The molecule has 6 heteroatoms. The molecule has 0 atom stereocenters. The summed E-state index contributed by atoms with van der Waals surface area (Å²) < 4.78 is 0. The van der Waals surface area contributed by atoms with Crippen LogP contribution in [0.4, 0.5) is 11.4 Å². The molecule has 0 unspecified atom stereocenters. The summed E-state index contributed by atoms with van der Waals surface area (Å²) in [5, 5.41) is 29.4. The number of hydrogen-bond donors (Lipinski definition) is 2. The highest BCUT2D eigenvalue weighted by Gasteiger charge is 2.19. The Morgan fingerprint density at radius 2 is 2.12 bits per heavy atom. The molecular weight excluding hydrogens is 212 g/mol. The Labute approximate surface area is 91.2 Å². The van der Waals surface area contributed by atoms with E-state index in [4.69, 9.17) is 0 Å². The summed E-state index contributed by atoms with van der Waals surface area (Å²) in [7, 11) is 0. The minimum Gasteiger partial charge on any atom is -0.502 e. The first-order valence-corrected chi connectivity index (χ1v) is 4.73. The number of nitrogens with zero attached hydrogens (tertiary/aromatic N) is 2. The first-order chi connectivity index (χ1) is 7.59. The maximum atomic E-state index is 10.5. The average Bonchev–Trinajstić information content (AvgIpc) is 2.63. The molecule has 0 spiro atoms. The SMILES string of the molecule is O=[N+]([O-])c1ccc(N2CCC=C2O)cc1O. The minimum atomic E-state index is -0.654. The van der Waals surface area contributed by atoms with Gasteiger partial charge in [0.1, 0.15) is 0 Å². The first-order valence-electron chi connectivity index (χ1n) is 4.73. The Morgan fingerprint density at radius 1 is 1.38 bits per heavy atom. The molecule has 0 aromatic heterocycles. The van der Waals surface area contributed by atoms with Gasteiger partial charge in [-0.3, -0.25) is 10.1 Å². The van der Waals surface area contributed by atoms with Crippen LogP contribution in [-0.2, 0) is 0 Å². The zero-order valence-electron chi connectivity index (χ0n) is 8.33. The third kappa shape index (κ3) is 1.65. The number of nitro groups is 1. The predicted molar refractivity (Wildman–Crippen MR) is 57.4 cm³/mol. The Morgan fingerprint density at radius 3 is 2.62 bits per heavy atom. The van der Waals surface area contributed by atoms with Crippen molar-refractivity contribution < 1.29 is 15.1 Å². The van der Waals surface area contributed by atoms with Gasteiger partial charge in [0.2, 0.25) is 0 Å². The number of benzene rings is 1. The van der Waals surface area contributed by atoms with Crippen molar-refractivity contribution in [2.24, 2.45) is 0 Å². The second kappa shape index (κ2) is 3.73. The van der Waals surface area contributed by atoms with Gasteiger partial charge in [0.15, 0.2) is 11.6 Å². The molecule has 0 saturated heterocycles. The summed E-state index contributed by atoms with van der Waals surface area (Å²) >= 11 is 0. The van der Waals surface area contributed by atoms with Crippen molar-refractivity contribution in [3.8, 4) is 5.75 Å². The normalized spacial score (nSPS) is 15.0. The lowest BCUT2D eigenvalue weighted by atomic mass is 10.2. The Kier molecular flexibility index (Phi) is 2.40. The van der Waals surface area contributed by atoms with Gasteiger partial charge in [-0.1, -0.05) is 0 Å². The number of nitro benzene ring substituents is 1. The van der Waals surface area contributed by atoms with Crippen LogP contribution in [-0.4, -0.2) is 21.7 Å². The van der Waals surface area contributed by atoms with Crippen LogP contribution in [0.15, 0.2) is 30.2 Å². The highest BCUT2D eigenvalue weighted by Crippen LogP contribution is 2.32. The van der Waals surface area contributed by atoms with Crippen LogP contribution < -0.4 is 4.90 Å². The molecule has 1 aromatic rings. The summed E-state index contributed by atoms with van der Waals surface area (Å²) in [4.78, 5) is 11.4. The lowest BCUT2D eigenvalue weighted by Gasteiger charge is -2.18. The van der Waals surface area contributed by atoms with Gasteiger partial charge < -0.3 is 15.1 Å². The summed E-state index contributed by atoms with van der Waals surface area (Å²) in [6.45, 7) is 0.600. The fraction of sp³-hybridized carbons (Fsp3) is 0.200. The van der Waals surface area contributed by atoms with Crippen LogP contribution in [0.1, 0.15) is 6.42 Å². The molecule has 2 N–H and O–H groups in total. The second-order valence-electron chi connectivity index (χ2n) is 3.43. The highest BCUT2D eigenvalue weighted by molar-refractivity contribution is 5.61. The van der Waals surface area contributed by atoms with E-state index in [0.29, 0.717) is 18.7 Å². The summed E-state index contributed by atoms with van der Waals surface area (Å²) in [5.74, 6) is -0.296. The number of phenolic OH excluding ortho intramolecular Hbond substituents is 1. The van der Waals surface area contributed by atoms with E-state index < -0.39 is 10.7 Å². The van der Waals surface area contributed by atoms with E-state index in [9.17, 15) is 20.3 Å². The fourth-order valence-corrected chi connectivity index (χ4v) is 1.64. The molecule has 0 aliphatic carbocycles. The quantitative estimate of drug-likeness (QED) is 0.589. The molecule has 2 rings (SSSR count). The van der Waals surface area contributed by atoms with Gasteiger partial charge in [-0.05, 0) is 18.6 Å². The van der Waals surface area contributed by atoms with E-state index in [-0.39, 0.29) is 11.6 Å². The fourth-order valence-electron chi connectivity index (χ4n) is 1.64. The zero-order chi connectivity index (χ0) is 11.7. The molecule has 0 saturated carbocycles. The predicted octanol–water partition coefficient (Wildman–Crippen LogP) is 1.91. The van der Waals surface area contributed by atoms with Crippen LogP contribution in [0.2, 0.25) is 0 Å². The number of phenols is 1. The number of anilines is 1. The van der Waals surface area contributed by atoms with Crippen molar-refractivity contribution in [2.45, 2.75) is 6.42 Å². The summed E-state index contributed by atoms with van der Waals surface area (Å²) in [6.07, 6.45) is 2.36. The summed E-state index contributed by atoms with van der Waals surface area (Å²) in [5.41, 5.74) is 0.195. The molecule has 16 heavy (non-hydrogen) atoms. The number of aliphatic hydroxyl groups is 1. The standard InChI is InChI=1S/C10H10N2O4/c13-9-6-7(3-4-8(9)12(15)16)11-5-1-2-10(11)14/h2-4,6,13-14H,1,5H2. The van der Waals surface area contributed by atoms with Crippen molar-refractivity contribution in [2.75, 3.05) is 11.4 Å². The van der Waals surface area contributed by atoms with E-state index in [1.165, 1.54) is 18.2 Å². The molecule has 1 aliphatic heterocycles. The third-order valence-corrected chi connectivity index (χ3v) is 2.42. The monoisotopic (exact) mass is 222 g/mol. The van der Waals surface area contributed by atoms with Gasteiger partial charge in [-0.15, -0.1) is 0 Å². The Hall–Kier alpha value is -2.24. The lowest BCUT2D eigenvalue weighted by Crippen LogP contribution is -2.17. The van der Waals surface area contributed by atoms with Crippen LogP contribution in [0.3, 0.4) is 0 Å². The molecule has 1 aliphatic rings. The van der Waals surface area contributed by atoms with Crippen LogP contribution in [0, 0.1) is 10.1 Å². The van der Waals surface area contributed by atoms with Gasteiger partial charge in [0, 0.05) is 24.4 Å². The van der Waals surface area contributed by atoms with Crippen molar-refractivity contribution in [3.05, 3.63) is 40.3 Å². The van der Waals surface area contributed by atoms with Crippen molar-refractivity contribution in [3.63, 3.8) is 0 Å². The van der Waals surface area contributed by atoms with E-state index in [1.54, 1.807) is 11.0 Å². The molecule has 0 bridgehead atoms. The first kappa shape index (κ1) is 10.3. The maximum Gasteiger partial charge on any atom is 0.310 e. The van der Waals surface area contributed by atoms with Gasteiger partial charge in [0.25, 0.3) is 0 Å². The summed E-state index contributed by atoms with van der Waals surface area (Å²) in [6, 6.07) is 3.98. The average molecular weight is 222 g/mol. The molecule has 84 valence electrons. The van der Waals surface area contributed by atoms with Crippen molar-refractivity contribution in [1.82, 2.24) is 0 Å². The second-order valence-corrected chi connectivity index (χ2v) is 3.43. The smallest absolute Gasteiger partial charge is 0.310 e. The maximum absolute atomic E-state index is 10.5. The molecule has 1 aromatic carbocycles. The lowest BCUT2D eigenvalue weighted by molar-refractivity contribution is -0.385. The molecular formula is C10H10N2O4. The van der Waals surface area contributed by atoms with E-state index in [2.05, 4.69) is 0 Å². The van der Waals surface area contributed by atoms with E-state index >= 15 is 0 Å². The number of hydrogen-bond acceptors (Lipinski definition) is 5. The third-order valence-electron chi connectivity index (χ3n) is 2.42. The molecule has 0 fully saturated rings. The largest absolute Gasteiger partial charge is 0.502 e. The molecule has 0 radical (unpaired) electrons. The zero-order valence-corrected chi connectivity index (χ0v) is 8.33. The van der Waals surface area contributed by atoms with Gasteiger partial charge >= 0.3 is 5.69 Å². The Bertz CT molecular complexity index is 470. The highest BCUT2D eigenvalue weighted by atomic mass is 16.6. The molecule has 0 amide bonds. The van der Waals surface area contributed by atoms with Gasteiger partial charge in [0.05, 0.1) is 4.92 Å². The van der Waals surface area contributed by atoms with Crippen LogP contribution >= 0.6 is 0 Å². The van der Waals surface area contributed by atoms with Crippen LogP contribution in [0.5, 0.6) is 5.75 Å². The number of aliphatic hydroxyl groups excluding tert-OH is 1. The number of aromatic hydroxyl groups is 1. The van der Waals surface area contributed by atoms with E-state index in [0.717, 1.165) is 0 Å². The van der Waals surface area contributed by atoms with Gasteiger partial charge in [-0.25, -0.2) is 0 Å². The van der Waals surface area contributed by atoms with Crippen molar-refractivity contribution >= 4 is 11.4 Å². The molecule has 1 heterocycles. The Balaban J connectivity index is 2.35. The minimum absolute atomic E-state index is 0.105. The van der Waals surface area contributed by atoms with Crippen molar-refractivity contribution in [1.29, 1.82) is 0 Å². The topological polar surface area (TPSA) is 86.8 Å². The van der Waals surface area contributed by atoms with Gasteiger partial charge in [-0.2, -0.15) is 0 Å². The number of rotatable bonds is 2.